The number of likely N-dealkylation sites (N-methyl/N-ethyl adjacent to an activating group) is 1. The first-order chi connectivity index (χ1) is 9.91. The van der Waals surface area contributed by atoms with Crippen LogP contribution in [0.15, 0.2) is 18.2 Å². The van der Waals surface area contributed by atoms with Crippen molar-refractivity contribution in [1.29, 1.82) is 0 Å². The fourth-order valence-electron chi connectivity index (χ4n) is 3.41. The summed E-state index contributed by atoms with van der Waals surface area (Å²) in [7, 11) is 0. The van der Waals surface area contributed by atoms with E-state index in [1.54, 1.807) is 6.07 Å². The second-order valence-electron chi connectivity index (χ2n) is 7.12. The van der Waals surface area contributed by atoms with Gasteiger partial charge in [-0.2, -0.15) is 0 Å². The SMILES string of the molecule is CCNC(Cc1ccc(F)c(F)c1)C1CCC(C)(C)CC1. The molecule has 1 saturated carbocycles. The number of hydrogen-bond donors (Lipinski definition) is 1. The van der Waals surface area contributed by atoms with Gasteiger partial charge in [0.15, 0.2) is 11.6 Å². The summed E-state index contributed by atoms with van der Waals surface area (Å²) in [5.41, 5.74) is 1.33. The fraction of sp³-hybridized carbons (Fsp3) is 0.667. The predicted octanol–water partition coefficient (Wildman–Crippen LogP) is 4.70. The van der Waals surface area contributed by atoms with Gasteiger partial charge in [0.2, 0.25) is 0 Å². The molecule has 1 fully saturated rings. The first-order valence-electron chi connectivity index (χ1n) is 8.08. The van der Waals surface area contributed by atoms with Gasteiger partial charge >= 0.3 is 0 Å². The second kappa shape index (κ2) is 6.87. The number of rotatable bonds is 5. The molecule has 0 bridgehead atoms. The quantitative estimate of drug-likeness (QED) is 0.830. The molecule has 1 aliphatic rings. The van der Waals surface area contributed by atoms with Gasteiger partial charge in [-0.15, -0.1) is 0 Å². The Morgan fingerprint density at radius 3 is 2.43 bits per heavy atom. The molecule has 0 heterocycles. The van der Waals surface area contributed by atoms with Gasteiger partial charge in [-0.05, 0) is 67.7 Å². The molecular weight excluding hydrogens is 268 g/mol. The molecule has 0 amide bonds. The Morgan fingerprint density at radius 2 is 1.86 bits per heavy atom. The van der Waals surface area contributed by atoms with E-state index in [0.717, 1.165) is 18.5 Å². The average molecular weight is 295 g/mol. The van der Waals surface area contributed by atoms with E-state index >= 15 is 0 Å². The highest BCUT2D eigenvalue weighted by atomic mass is 19.2. The van der Waals surface area contributed by atoms with Crippen molar-refractivity contribution in [2.24, 2.45) is 11.3 Å². The summed E-state index contributed by atoms with van der Waals surface area (Å²) in [6.45, 7) is 7.68. The lowest BCUT2D eigenvalue weighted by molar-refractivity contribution is 0.161. The van der Waals surface area contributed by atoms with Crippen LogP contribution in [0.5, 0.6) is 0 Å². The van der Waals surface area contributed by atoms with Gasteiger partial charge in [0.05, 0.1) is 0 Å². The summed E-state index contributed by atoms with van der Waals surface area (Å²) in [5.74, 6) is -0.878. The Kier molecular flexibility index (Phi) is 5.37. The van der Waals surface area contributed by atoms with Crippen molar-refractivity contribution in [3.05, 3.63) is 35.4 Å². The van der Waals surface area contributed by atoms with Crippen molar-refractivity contribution in [1.82, 2.24) is 5.32 Å². The van der Waals surface area contributed by atoms with Crippen LogP contribution >= 0.6 is 0 Å². The molecule has 1 N–H and O–H groups in total. The molecule has 21 heavy (non-hydrogen) atoms. The summed E-state index contributed by atoms with van der Waals surface area (Å²) in [6.07, 6.45) is 5.70. The third-order valence-electron chi connectivity index (χ3n) is 4.86. The maximum Gasteiger partial charge on any atom is 0.159 e. The molecule has 3 heteroatoms. The van der Waals surface area contributed by atoms with Crippen LogP contribution in [-0.4, -0.2) is 12.6 Å². The summed E-state index contributed by atoms with van der Waals surface area (Å²) in [4.78, 5) is 0. The highest BCUT2D eigenvalue weighted by Gasteiger charge is 2.31. The molecule has 0 radical (unpaired) electrons. The van der Waals surface area contributed by atoms with Crippen LogP contribution < -0.4 is 5.32 Å². The number of hydrogen-bond acceptors (Lipinski definition) is 1. The van der Waals surface area contributed by atoms with Crippen molar-refractivity contribution < 1.29 is 8.78 Å². The van der Waals surface area contributed by atoms with Gasteiger partial charge in [0.1, 0.15) is 0 Å². The smallest absolute Gasteiger partial charge is 0.159 e. The highest BCUT2D eigenvalue weighted by Crippen LogP contribution is 2.39. The summed E-state index contributed by atoms with van der Waals surface area (Å²) in [5, 5.41) is 3.55. The van der Waals surface area contributed by atoms with E-state index in [1.807, 2.05) is 0 Å². The third kappa shape index (κ3) is 4.50. The molecule has 1 unspecified atom stereocenters. The van der Waals surface area contributed by atoms with Crippen LogP contribution in [0.2, 0.25) is 0 Å². The normalized spacial score (nSPS) is 20.4. The van der Waals surface area contributed by atoms with Gasteiger partial charge in [-0.1, -0.05) is 26.8 Å². The second-order valence-corrected chi connectivity index (χ2v) is 7.12. The zero-order valence-corrected chi connectivity index (χ0v) is 13.4. The van der Waals surface area contributed by atoms with E-state index in [2.05, 4.69) is 26.1 Å². The minimum Gasteiger partial charge on any atom is -0.314 e. The Labute approximate surface area is 127 Å². The summed E-state index contributed by atoms with van der Waals surface area (Å²) in [6, 6.07) is 4.63. The van der Waals surface area contributed by atoms with Crippen LogP contribution in [0.1, 0.15) is 52.0 Å². The van der Waals surface area contributed by atoms with Crippen LogP contribution in [0.3, 0.4) is 0 Å². The maximum absolute atomic E-state index is 13.4. The molecule has 118 valence electrons. The molecule has 0 aromatic heterocycles. The van der Waals surface area contributed by atoms with E-state index in [-0.39, 0.29) is 0 Å². The van der Waals surface area contributed by atoms with E-state index in [9.17, 15) is 8.78 Å². The maximum atomic E-state index is 13.4. The van der Waals surface area contributed by atoms with E-state index in [4.69, 9.17) is 0 Å². The van der Waals surface area contributed by atoms with E-state index in [1.165, 1.54) is 37.8 Å². The molecule has 0 aliphatic heterocycles. The summed E-state index contributed by atoms with van der Waals surface area (Å²) < 4.78 is 26.4. The van der Waals surface area contributed by atoms with Gasteiger partial charge < -0.3 is 5.32 Å². The van der Waals surface area contributed by atoms with E-state index < -0.39 is 11.6 Å². The van der Waals surface area contributed by atoms with E-state index in [0.29, 0.717) is 17.4 Å². The number of nitrogens with one attached hydrogen (secondary N) is 1. The Balaban J connectivity index is 2.03. The zero-order valence-electron chi connectivity index (χ0n) is 13.4. The standard InChI is InChI=1S/C18H27F2N/c1-4-21-17(14-7-9-18(2,3)10-8-14)12-13-5-6-15(19)16(20)11-13/h5-6,11,14,17,21H,4,7-10,12H2,1-3H3. The molecule has 2 rings (SSSR count). The van der Waals surface area contributed by atoms with Crippen molar-refractivity contribution in [3.8, 4) is 0 Å². The van der Waals surface area contributed by atoms with Gasteiger partial charge in [0.25, 0.3) is 0 Å². The summed E-state index contributed by atoms with van der Waals surface area (Å²) >= 11 is 0. The van der Waals surface area contributed by atoms with Crippen LogP contribution in [0.4, 0.5) is 8.78 Å². The van der Waals surface area contributed by atoms with Gasteiger partial charge in [-0.3, -0.25) is 0 Å². The Morgan fingerprint density at radius 1 is 1.19 bits per heavy atom. The predicted molar refractivity (Wildman–Crippen MR) is 83.3 cm³/mol. The minimum atomic E-state index is -0.766. The zero-order chi connectivity index (χ0) is 15.5. The minimum absolute atomic E-state index is 0.357. The molecule has 0 saturated heterocycles. The topological polar surface area (TPSA) is 12.0 Å². The highest BCUT2D eigenvalue weighted by molar-refractivity contribution is 5.19. The average Bonchev–Trinajstić information content (AvgIpc) is 2.42. The lowest BCUT2D eigenvalue weighted by Gasteiger charge is -2.38. The first-order valence-corrected chi connectivity index (χ1v) is 8.08. The van der Waals surface area contributed by atoms with Gasteiger partial charge in [0, 0.05) is 6.04 Å². The molecular formula is C18H27F2N. The Bertz CT molecular complexity index is 460. The largest absolute Gasteiger partial charge is 0.314 e. The molecule has 0 spiro atoms. The lowest BCUT2D eigenvalue weighted by atomic mass is 9.70. The van der Waals surface area contributed by atoms with Crippen molar-refractivity contribution in [3.63, 3.8) is 0 Å². The monoisotopic (exact) mass is 295 g/mol. The molecule has 1 aromatic rings. The van der Waals surface area contributed by atoms with Gasteiger partial charge in [-0.25, -0.2) is 8.78 Å². The number of benzene rings is 1. The lowest BCUT2D eigenvalue weighted by Crippen LogP contribution is -2.40. The first kappa shape index (κ1) is 16.4. The molecule has 1 aromatic carbocycles. The van der Waals surface area contributed by atoms with Crippen molar-refractivity contribution in [2.75, 3.05) is 6.54 Å². The molecule has 1 aliphatic carbocycles. The van der Waals surface area contributed by atoms with Crippen LogP contribution in [-0.2, 0) is 6.42 Å². The number of halogens is 2. The van der Waals surface area contributed by atoms with Crippen molar-refractivity contribution in [2.45, 2.75) is 58.9 Å². The third-order valence-corrected chi connectivity index (χ3v) is 4.86. The van der Waals surface area contributed by atoms with Crippen LogP contribution in [0.25, 0.3) is 0 Å². The fourth-order valence-corrected chi connectivity index (χ4v) is 3.41. The molecule has 1 nitrogen and oxygen atoms in total. The molecule has 1 atom stereocenters. The van der Waals surface area contributed by atoms with Crippen LogP contribution in [0, 0.1) is 23.0 Å². The van der Waals surface area contributed by atoms with Crippen molar-refractivity contribution >= 4 is 0 Å². The Hall–Kier alpha value is -0.960.